The molecular weight excluding hydrogens is 224 g/mol. The molecule has 96 valence electrons. The number of nitrogens with zero attached hydrogens (tertiary/aromatic N) is 1. The van der Waals surface area contributed by atoms with Crippen molar-refractivity contribution in [2.24, 2.45) is 5.73 Å². The Bertz CT molecular complexity index is 408. The summed E-state index contributed by atoms with van der Waals surface area (Å²) in [6.07, 6.45) is 6.46. The zero-order valence-corrected chi connectivity index (χ0v) is 10.8. The highest BCUT2D eigenvalue weighted by molar-refractivity contribution is 5.77. The summed E-state index contributed by atoms with van der Waals surface area (Å²) in [5.41, 5.74) is 7.00. The summed E-state index contributed by atoms with van der Waals surface area (Å²) in [5, 5.41) is 0. The lowest BCUT2D eigenvalue weighted by Crippen LogP contribution is -2.34. The van der Waals surface area contributed by atoms with Crippen LogP contribution in [0.3, 0.4) is 0 Å². The van der Waals surface area contributed by atoms with E-state index >= 15 is 0 Å². The zero-order chi connectivity index (χ0) is 13.4. The number of nitrogens with two attached hydrogens (primary N) is 1. The lowest BCUT2D eigenvalue weighted by Gasteiger charge is -2.21. The molecule has 0 saturated heterocycles. The second kappa shape index (κ2) is 7.52. The molecule has 0 saturated carbocycles. The van der Waals surface area contributed by atoms with Crippen LogP contribution in [0.25, 0.3) is 0 Å². The van der Waals surface area contributed by atoms with Crippen LogP contribution in [0.1, 0.15) is 31.4 Å². The third kappa shape index (κ3) is 4.23. The van der Waals surface area contributed by atoms with Gasteiger partial charge in [0.1, 0.15) is 0 Å². The predicted octanol–water partition coefficient (Wildman–Crippen LogP) is 1.95. The number of hydrogen-bond acceptors (Lipinski definition) is 2. The first-order valence-corrected chi connectivity index (χ1v) is 6.20. The van der Waals surface area contributed by atoms with Crippen LogP contribution in [0.5, 0.6) is 0 Å². The number of carbonyl (C=O) groups is 1. The summed E-state index contributed by atoms with van der Waals surface area (Å²) in [4.78, 5) is 13.7. The van der Waals surface area contributed by atoms with Gasteiger partial charge in [0, 0.05) is 19.0 Å². The molecule has 0 fully saturated rings. The molecule has 0 bridgehead atoms. The van der Waals surface area contributed by atoms with Gasteiger partial charge >= 0.3 is 0 Å². The highest BCUT2D eigenvalue weighted by atomic mass is 16.2. The van der Waals surface area contributed by atoms with E-state index in [9.17, 15) is 4.79 Å². The summed E-state index contributed by atoms with van der Waals surface area (Å²) in [7, 11) is 0. The van der Waals surface area contributed by atoms with Crippen LogP contribution in [0, 0.1) is 12.3 Å². The van der Waals surface area contributed by atoms with Crippen LogP contribution in [0.4, 0.5) is 0 Å². The number of benzene rings is 1. The zero-order valence-electron chi connectivity index (χ0n) is 10.8. The van der Waals surface area contributed by atoms with Crippen molar-refractivity contribution in [2.75, 3.05) is 13.1 Å². The first-order chi connectivity index (χ1) is 8.69. The molecule has 1 unspecified atom stereocenters. The van der Waals surface area contributed by atoms with Gasteiger partial charge in [-0.1, -0.05) is 43.2 Å². The van der Waals surface area contributed by atoms with E-state index in [1.54, 1.807) is 4.90 Å². The van der Waals surface area contributed by atoms with Gasteiger partial charge < -0.3 is 10.6 Å². The fraction of sp³-hybridized carbons (Fsp3) is 0.400. The Morgan fingerprint density at radius 2 is 2.11 bits per heavy atom. The maximum absolute atomic E-state index is 12.1. The second-order valence-electron chi connectivity index (χ2n) is 4.24. The molecule has 1 rings (SSSR count). The van der Waals surface area contributed by atoms with E-state index in [1.165, 1.54) is 0 Å². The van der Waals surface area contributed by atoms with Crippen molar-refractivity contribution in [3.8, 4) is 12.3 Å². The molecule has 0 aliphatic carbocycles. The molecule has 0 aliphatic rings. The van der Waals surface area contributed by atoms with E-state index < -0.39 is 0 Å². The van der Waals surface area contributed by atoms with Crippen molar-refractivity contribution in [1.29, 1.82) is 0 Å². The van der Waals surface area contributed by atoms with Gasteiger partial charge in [-0.2, -0.15) is 0 Å². The predicted molar refractivity (Wildman–Crippen MR) is 73.7 cm³/mol. The molecular formula is C15H20N2O. The number of rotatable bonds is 6. The summed E-state index contributed by atoms with van der Waals surface area (Å²) < 4.78 is 0. The quantitative estimate of drug-likeness (QED) is 0.777. The van der Waals surface area contributed by atoms with Crippen molar-refractivity contribution in [1.82, 2.24) is 4.90 Å². The monoisotopic (exact) mass is 244 g/mol. The number of hydrogen-bond donors (Lipinski definition) is 1. The summed E-state index contributed by atoms with van der Waals surface area (Å²) in [6, 6.07) is 9.37. The van der Waals surface area contributed by atoms with Crippen molar-refractivity contribution in [3.05, 3.63) is 35.9 Å². The van der Waals surface area contributed by atoms with E-state index in [-0.39, 0.29) is 11.9 Å². The highest BCUT2D eigenvalue weighted by Crippen LogP contribution is 2.14. The third-order valence-corrected chi connectivity index (χ3v) is 2.75. The first kappa shape index (κ1) is 14.3. The summed E-state index contributed by atoms with van der Waals surface area (Å²) >= 11 is 0. The molecule has 3 heteroatoms. The standard InChI is InChI=1S/C15H20N2O/c1-3-10-17(11-4-2)15(18)12-14(16)13-8-6-5-7-9-13/h1,5-9,14H,4,10-12,16H2,2H3. The minimum absolute atomic E-state index is 0.0196. The lowest BCUT2D eigenvalue weighted by molar-refractivity contribution is -0.131. The van der Waals surface area contributed by atoms with E-state index in [4.69, 9.17) is 12.2 Å². The molecule has 0 radical (unpaired) electrons. The molecule has 3 nitrogen and oxygen atoms in total. The maximum Gasteiger partial charge on any atom is 0.225 e. The van der Waals surface area contributed by atoms with Crippen LogP contribution < -0.4 is 5.73 Å². The van der Waals surface area contributed by atoms with E-state index in [0.717, 1.165) is 12.0 Å². The number of carbonyl (C=O) groups excluding carboxylic acids is 1. The van der Waals surface area contributed by atoms with Gasteiger partial charge in [0.15, 0.2) is 0 Å². The SMILES string of the molecule is C#CCN(CCC)C(=O)CC(N)c1ccccc1. The average molecular weight is 244 g/mol. The molecule has 0 aromatic heterocycles. The van der Waals surface area contributed by atoms with Crippen molar-refractivity contribution >= 4 is 5.91 Å². The van der Waals surface area contributed by atoms with Gasteiger partial charge in [-0.05, 0) is 12.0 Å². The number of amides is 1. The van der Waals surface area contributed by atoms with Gasteiger partial charge in [-0.15, -0.1) is 6.42 Å². The van der Waals surface area contributed by atoms with Gasteiger partial charge in [0.05, 0.1) is 6.54 Å². The van der Waals surface area contributed by atoms with Crippen molar-refractivity contribution in [3.63, 3.8) is 0 Å². The maximum atomic E-state index is 12.1. The Morgan fingerprint density at radius 1 is 1.44 bits per heavy atom. The first-order valence-electron chi connectivity index (χ1n) is 6.20. The van der Waals surface area contributed by atoms with Gasteiger partial charge in [-0.25, -0.2) is 0 Å². The summed E-state index contributed by atoms with van der Waals surface area (Å²) in [6.45, 7) is 3.06. The molecule has 18 heavy (non-hydrogen) atoms. The summed E-state index contributed by atoms with van der Waals surface area (Å²) in [5.74, 6) is 2.53. The van der Waals surface area contributed by atoms with Crippen LogP contribution in [0.2, 0.25) is 0 Å². The van der Waals surface area contributed by atoms with Gasteiger partial charge in [0.2, 0.25) is 5.91 Å². The fourth-order valence-electron chi connectivity index (χ4n) is 1.81. The minimum atomic E-state index is -0.268. The Kier molecular flexibility index (Phi) is 5.96. The molecule has 2 N–H and O–H groups in total. The van der Waals surface area contributed by atoms with E-state index in [2.05, 4.69) is 5.92 Å². The minimum Gasteiger partial charge on any atom is -0.332 e. The van der Waals surface area contributed by atoms with Gasteiger partial charge in [0.25, 0.3) is 0 Å². The largest absolute Gasteiger partial charge is 0.332 e. The van der Waals surface area contributed by atoms with Gasteiger partial charge in [-0.3, -0.25) is 4.79 Å². The van der Waals surface area contributed by atoms with Crippen LogP contribution in [-0.2, 0) is 4.79 Å². The van der Waals surface area contributed by atoms with E-state index in [0.29, 0.717) is 19.5 Å². The second-order valence-corrected chi connectivity index (χ2v) is 4.24. The van der Waals surface area contributed by atoms with Crippen LogP contribution in [-0.4, -0.2) is 23.9 Å². The Balaban J connectivity index is 2.60. The molecule has 1 atom stereocenters. The highest BCUT2D eigenvalue weighted by Gasteiger charge is 2.16. The molecule has 1 amide bonds. The molecule has 0 heterocycles. The molecule has 1 aromatic rings. The van der Waals surface area contributed by atoms with E-state index in [1.807, 2.05) is 37.3 Å². The molecule has 0 spiro atoms. The number of terminal acetylenes is 1. The van der Waals surface area contributed by atoms with Crippen molar-refractivity contribution in [2.45, 2.75) is 25.8 Å². The smallest absolute Gasteiger partial charge is 0.225 e. The molecule has 1 aromatic carbocycles. The Hall–Kier alpha value is -1.79. The van der Waals surface area contributed by atoms with Crippen LogP contribution >= 0.6 is 0 Å². The topological polar surface area (TPSA) is 46.3 Å². The normalized spacial score (nSPS) is 11.6. The Labute approximate surface area is 109 Å². The Morgan fingerprint density at radius 3 is 2.67 bits per heavy atom. The third-order valence-electron chi connectivity index (χ3n) is 2.75. The molecule has 0 aliphatic heterocycles. The van der Waals surface area contributed by atoms with Crippen LogP contribution in [0.15, 0.2) is 30.3 Å². The average Bonchev–Trinajstić information content (AvgIpc) is 2.39. The van der Waals surface area contributed by atoms with Crippen molar-refractivity contribution < 1.29 is 4.79 Å². The lowest BCUT2D eigenvalue weighted by atomic mass is 10.0. The fourth-order valence-corrected chi connectivity index (χ4v) is 1.81.